The normalized spacial score (nSPS) is 10.4. The predicted octanol–water partition coefficient (Wildman–Crippen LogP) is 2.12. The fourth-order valence-corrected chi connectivity index (χ4v) is 1.32. The minimum atomic E-state index is -2.76. The van der Waals surface area contributed by atoms with Gasteiger partial charge >= 0.3 is 5.97 Å². The summed E-state index contributed by atoms with van der Waals surface area (Å²) < 4.78 is 34.6. The topological polar surface area (TPSA) is 48.4 Å². The number of hydrogen-bond acceptors (Lipinski definition) is 4. The minimum Gasteiger partial charge on any atom is -0.495 e. The summed E-state index contributed by atoms with van der Waals surface area (Å²) in [5.41, 5.74) is -0.204. The molecule has 0 atom stereocenters. The molecule has 0 saturated carbocycles. The second kappa shape index (κ2) is 4.87. The molecule has 0 aliphatic carbocycles. The molecule has 0 aliphatic rings. The molecular formula is C10H11F2NO3. The van der Waals surface area contributed by atoms with Gasteiger partial charge in [-0.2, -0.15) is 0 Å². The van der Waals surface area contributed by atoms with Gasteiger partial charge in [0, 0.05) is 6.20 Å². The molecule has 1 aromatic rings. The van der Waals surface area contributed by atoms with Crippen LogP contribution < -0.4 is 4.74 Å². The molecule has 0 aliphatic heterocycles. The smallest absolute Gasteiger partial charge is 0.343 e. The number of aromatic nitrogens is 1. The zero-order valence-electron chi connectivity index (χ0n) is 9.08. The summed E-state index contributed by atoms with van der Waals surface area (Å²) in [7, 11) is 2.38. The van der Waals surface area contributed by atoms with E-state index in [1.165, 1.54) is 14.0 Å². The van der Waals surface area contributed by atoms with Crippen LogP contribution >= 0.6 is 0 Å². The number of rotatable bonds is 3. The van der Waals surface area contributed by atoms with E-state index in [9.17, 15) is 13.6 Å². The summed E-state index contributed by atoms with van der Waals surface area (Å²) in [5, 5.41) is 0. The summed E-state index contributed by atoms with van der Waals surface area (Å²) in [6.07, 6.45) is -1.77. The largest absolute Gasteiger partial charge is 0.495 e. The Kier molecular flexibility index (Phi) is 3.76. The highest BCUT2D eigenvalue weighted by atomic mass is 19.3. The first-order valence-corrected chi connectivity index (χ1v) is 4.42. The van der Waals surface area contributed by atoms with E-state index in [0.717, 1.165) is 13.3 Å². The first-order chi connectivity index (χ1) is 7.52. The lowest BCUT2D eigenvalue weighted by atomic mass is 10.1. The third-order valence-electron chi connectivity index (χ3n) is 2.08. The molecule has 0 aromatic carbocycles. The summed E-state index contributed by atoms with van der Waals surface area (Å²) in [5.74, 6) is -0.932. The number of carbonyl (C=O) groups is 1. The van der Waals surface area contributed by atoms with E-state index in [2.05, 4.69) is 9.72 Å². The second-order valence-electron chi connectivity index (χ2n) is 3.00. The van der Waals surface area contributed by atoms with E-state index in [-0.39, 0.29) is 17.0 Å². The number of methoxy groups -OCH3 is 2. The number of nitrogens with zero attached hydrogens (tertiary/aromatic N) is 1. The molecule has 0 radical (unpaired) electrons. The zero-order chi connectivity index (χ0) is 12.3. The molecule has 0 bridgehead atoms. The number of hydrogen-bond donors (Lipinski definition) is 0. The summed E-state index contributed by atoms with van der Waals surface area (Å²) in [6, 6.07) is 0. The maximum absolute atomic E-state index is 12.6. The standard InChI is InChI=1S/C10H11F2NO3/c1-5-7(10(14)16-3)8(15-2)6(4-13-5)9(11)12/h4,9H,1-3H3. The molecule has 4 nitrogen and oxygen atoms in total. The highest BCUT2D eigenvalue weighted by Crippen LogP contribution is 2.32. The van der Waals surface area contributed by atoms with E-state index in [4.69, 9.17) is 4.74 Å². The molecule has 6 heteroatoms. The van der Waals surface area contributed by atoms with Gasteiger partial charge < -0.3 is 9.47 Å². The van der Waals surface area contributed by atoms with Crippen LogP contribution in [0.3, 0.4) is 0 Å². The van der Waals surface area contributed by atoms with Gasteiger partial charge in [0.15, 0.2) is 0 Å². The molecule has 16 heavy (non-hydrogen) atoms. The fraction of sp³-hybridized carbons (Fsp3) is 0.400. The predicted molar refractivity (Wildman–Crippen MR) is 51.8 cm³/mol. The molecule has 0 unspecified atom stereocenters. The van der Waals surface area contributed by atoms with Crippen molar-refractivity contribution in [3.8, 4) is 5.75 Å². The van der Waals surface area contributed by atoms with Crippen molar-refractivity contribution in [3.63, 3.8) is 0 Å². The molecule has 0 N–H and O–H groups in total. The van der Waals surface area contributed by atoms with Crippen molar-refractivity contribution in [1.82, 2.24) is 4.98 Å². The van der Waals surface area contributed by atoms with Crippen LogP contribution in [-0.2, 0) is 4.74 Å². The van der Waals surface area contributed by atoms with Crippen molar-refractivity contribution in [2.75, 3.05) is 14.2 Å². The highest BCUT2D eigenvalue weighted by Gasteiger charge is 2.24. The maximum Gasteiger partial charge on any atom is 0.343 e. The molecular weight excluding hydrogens is 220 g/mol. The number of pyridine rings is 1. The van der Waals surface area contributed by atoms with Gasteiger partial charge in [-0.25, -0.2) is 13.6 Å². The molecule has 0 amide bonds. The number of alkyl halides is 2. The Morgan fingerprint density at radius 1 is 1.44 bits per heavy atom. The quantitative estimate of drug-likeness (QED) is 0.747. The molecule has 1 aromatic heterocycles. The number of aryl methyl sites for hydroxylation is 1. The molecule has 0 fully saturated rings. The van der Waals surface area contributed by atoms with Gasteiger partial charge in [0.2, 0.25) is 0 Å². The number of carbonyl (C=O) groups excluding carboxylic acids is 1. The van der Waals surface area contributed by atoms with Crippen LogP contribution in [0.1, 0.15) is 28.0 Å². The molecule has 1 heterocycles. The fourth-order valence-electron chi connectivity index (χ4n) is 1.32. The molecule has 0 saturated heterocycles. The van der Waals surface area contributed by atoms with Crippen LogP contribution in [0.4, 0.5) is 8.78 Å². The SMILES string of the molecule is COC(=O)c1c(C)ncc(C(F)F)c1OC. The first-order valence-electron chi connectivity index (χ1n) is 4.42. The number of esters is 1. The average Bonchev–Trinajstić information content (AvgIpc) is 2.26. The van der Waals surface area contributed by atoms with E-state index in [1.807, 2.05) is 0 Å². The van der Waals surface area contributed by atoms with Gasteiger partial charge in [0.25, 0.3) is 6.43 Å². The van der Waals surface area contributed by atoms with Crippen molar-refractivity contribution in [2.24, 2.45) is 0 Å². The van der Waals surface area contributed by atoms with Crippen LogP contribution in [0, 0.1) is 6.92 Å². The summed E-state index contributed by atoms with van der Waals surface area (Å²) in [6.45, 7) is 1.52. The second-order valence-corrected chi connectivity index (χ2v) is 3.00. The zero-order valence-corrected chi connectivity index (χ0v) is 9.08. The lowest BCUT2D eigenvalue weighted by molar-refractivity contribution is 0.0594. The van der Waals surface area contributed by atoms with Gasteiger partial charge in [0.1, 0.15) is 11.3 Å². The van der Waals surface area contributed by atoms with Crippen LogP contribution in [0.5, 0.6) is 5.75 Å². The van der Waals surface area contributed by atoms with Crippen molar-refractivity contribution >= 4 is 5.97 Å². The Hall–Kier alpha value is -1.72. The third-order valence-corrected chi connectivity index (χ3v) is 2.08. The average molecular weight is 231 g/mol. The van der Waals surface area contributed by atoms with Crippen LogP contribution in [-0.4, -0.2) is 25.2 Å². The lowest BCUT2D eigenvalue weighted by Gasteiger charge is -2.13. The minimum absolute atomic E-state index is 0.0669. The van der Waals surface area contributed by atoms with Gasteiger partial charge in [-0.3, -0.25) is 4.98 Å². The highest BCUT2D eigenvalue weighted by molar-refractivity contribution is 5.94. The maximum atomic E-state index is 12.6. The van der Waals surface area contributed by atoms with E-state index < -0.39 is 18.0 Å². The number of ether oxygens (including phenoxy) is 2. The Balaban J connectivity index is 3.44. The van der Waals surface area contributed by atoms with Gasteiger partial charge in [-0.15, -0.1) is 0 Å². The molecule has 1 rings (SSSR count). The van der Waals surface area contributed by atoms with E-state index in [1.54, 1.807) is 0 Å². The van der Waals surface area contributed by atoms with Crippen LogP contribution in [0.2, 0.25) is 0 Å². The lowest BCUT2D eigenvalue weighted by Crippen LogP contribution is -2.10. The van der Waals surface area contributed by atoms with Gasteiger partial charge in [0.05, 0.1) is 25.5 Å². The molecule has 0 spiro atoms. The van der Waals surface area contributed by atoms with Crippen molar-refractivity contribution in [2.45, 2.75) is 13.3 Å². The van der Waals surface area contributed by atoms with Crippen molar-refractivity contribution < 1.29 is 23.0 Å². The Morgan fingerprint density at radius 2 is 2.06 bits per heavy atom. The third kappa shape index (κ3) is 2.10. The first kappa shape index (κ1) is 12.4. The summed E-state index contributed by atoms with van der Waals surface area (Å²) >= 11 is 0. The Morgan fingerprint density at radius 3 is 2.50 bits per heavy atom. The van der Waals surface area contributed by atoms with Gasteiger partial charge in [-0.1, -0.05) is 0 Å². The van der Waals surface area contributed by atoms with Crippen LogP contribution in [0.25, 0.3) is 0 Å². The van der Waals surface area contributed by atoms with E-state index >= 15 is 0 Å². The molecule has 88 valence electrons. The number of halogens is 2. The summed E-state index contributed by atoms with van der Waals surface area (Å²) in [4.78, 5) is 15.1. The van der Waals surface area contributed by atoms with E-state index in [0.29, 0.717) is 0 Å². The van der Waals surface area contributed by atoms with Crippen LogP contribution in [0.15, 0.2) is 6.20 Å². The van der Waals surface area contributed by atoms with Crippen molar-refractivity contribution in [3.05, 3.63) is 23.0 Å². The Labute approximate surface area is 91.2 Å². The van der Waals surface area contributed by atoms with Gasteiger partial charge in [-0.05, 0) is 6.92 Å². The Bertz CT molecular complexity index is 407. The monoisotopic (exact) mass is 231 g/mol. The van der Waals surface area contributed by atoms with Crippen molar-refractivity contribution in [1.29, 1.82) is 0 Å².